The van der Waals surface area contributed by atoms with Gasteiger partial charge >= 0.3 is 6.09 Å². The molecule has 2 aliphatic rings. The number of rotatable bonds is 2. The van der Waals surface area contributed by atoms with Gasteiger partial charge in [-0.2, -0.15) is 0 Å². The molecule has 2 saturated heterocycles. The van der Waals surface area contributed by atoms with Gasteiger partial charge in [-0.05, 0) is 40.0 Å². The molecule has 2 N–H and O–H groups in total. The van der Waals surface area contributed by atoms with Gasteiger partial charge in [0.25, 0.3) is 0 Å². The molecule has 2 amide bonds. The lowest BCUT2D eigenvalue weighted by molar-refractivity contribution is -0.143. The van der Waals surface area contributed by atoms with Crippen LogP contribution in [0.2, 0.25) is 0 Å². The van der Waals surface area contributed by atoms with E-state index in [0.29, 0.717) is 32.5 Å². The van der Waals surface area contributed by atoms with Crippen molar-refractivity contribution in [2.24, 2.45) is 5.90 Å². The number of amides is 2. The topological polar surface area (TPSA) is 85.1 Å². The lowest BCUT2D eigenvalue weighted by atomic mass is 9.98. The molecular weight excluding hydrogens is 286 g/mol. The molecule has 7 nitrogen and oxygen atoms in total. The van der Waals surface area contributed by atoms with E-state index in [4.69, 9.17) is 15.5 Å². The predicted molar refractivity (Wildman–Crippen MR) is 80.8 cm³/mol. The van der Waals surface area contributed by atoms with Gasteiger partial charge in [-0.3, -0.25) is 9.63 Å². The number of carbonyl (C=O) groups excluding carboxylic acids is 2. The van der Waals surface area contributed by atoms with Gasteiger partial charge in [-0.1, -0.05) is 0 Å². The number of carbonyl (C=O) groups is 2. The number of hydrogen-bond acceptors (Lipinski definition) is 5. The quantitative estimate of drug-likeness (QED) is 0.776. The smallest absolute Gasteiger partial charge is 0.410 e. The first-order chi connectivity index (χ1) is 10.3. The van der Waals surface area contributed by atoms with Gasteiger partial charge < -0.3 is 14.5 Å². The third kappa shape index (κ3) is 4.10. The fraction of sp³-hybridized carbons (Fsp3) is 0.867. The van der Waals surface area contributed by atoms with Crippen LogP contribution in [0.3, 0.4) is 0 Å². The normalized spacial score (nSPS) is 27.0. The van der Waals surface area contributed by atoms with Gasteiger partial charge in [0.15, 0.2) is 0 Å². The summed E-state index contributed by atoms with van der Waals surface area (Å²) in [6.07, 6.45) is 2.47. The Labute approximate surface area is 131 Å². The van der Waals surface area contributed by atoms with Gasteiger partial charge in [0.05, 0.1) is 6.04 Å². The van der Waals surface area contributed by atoms with Crippen molar-refractivity contribution in [3.63, 3.8) is 0 Å². The number of likely N-dealkylation sites (tertiary alicyclic amines) is 2. The van der Waals surface area contributed by atoms with E-state index in [-0.39, 0.29) is 24.1 Å². The Morgan fingerprint density at radius 1 is 1.27 bits per heavy atom. The molecule has 0 saturated carbocycles. The fourth-order valence-corrected chi connectivity index (χ4v) is 3.04. The average Bonchev–Trinajstić information content (AvgIpc) is 2.45. The second kappa shape index (κ2) is 6.83. The largest absolute Gasteiger partial charge is 0.444 e. The van der Waals surface area contributed by atoms with E-state index >= 15 is 0 Å². The summed E-state index contributed by atoms with van der Waals surface area (Å²) in [4.78, 5) is 32.9. The third-order valence-electron chi connectivity index (χ3n) is 4.11. The van der Waals surface area contributed by atoms with E-state index in [1.807, 2.05) is 25.7 Å². The molecule has 0 radical (unpaired) electrons. The van der Waals surface area contributed by atoms with E-state index in [2.05, 4.69) is 0 Å². The van der Waals surface area contributed by atoms with Crippen molar-refractivity contribution in [2.45, 2.75) is 64.2 Å². The zero-order valence-electron chi connectivity index (χ0n) is 13.7. The zero-order valence-corrected chi connectivity index (χ0v) is 13.7. The van der Waals surface area contributed by atoms with E-state index < -0.39 is 5.60 Å². The Balaban J connectivity index is 2.06. The molecular formula is C15H27N3O4. The highest BCUT2D eigenvalue weighted by Gasteiger charge is 2.39. The molecule has 0 aliphatic carbocycles. The standard InChI is InChI=1S/C15H27N3O4/c1-15(2,3)21-14(20)17-9-7-12(22-16)11(10-17)18-8-5-4-6-13(18)19/h11-12H,4-10,16H2,1-3H3/t11-,12-/m0/s1. The summed E-state index contributed by atoms with van der Waals surface area (Å²) in [5.74, 6) is 5.51. The number of piperidine rings is 2. The van der Waals surface area contributed by atoms with Gasteiger partial charge in [-0.15, -0.1) is 0 Å². The molecule has 0 aromatic carbocycles. The summed E-state index contributed by atoms with van der Waals surface area (Å²) in [6, 6.07) is -0.195. The Morgan fingerprint density at radius 3 is 2.59 bits per heavy atom. The van der Waals surface area contributed by atoms with Crippen LogP contribution in [0.25, 0.3) is 0 Å². The van der Waals surface area contributed by atoms with Crippen LogP contribution in [0.15, 0.2) is 0 Å². The number of nitrogens with zero attached hydrogens (tertiary/aromatic N) is 2. The highest BCUT2D eigenvalue weighted by Crippen LogP contribution is 2.24. The Kier molecular flexibility index (Phi) is 5.28. The van der Waals surface area contributed by atoms with Gasteiger partial charge in [0, 0.05) is 26.1 Å². The second-order valence-electron chi connectivity index (χ2n) is 7.00. The van der Waals surface area contributed by atoms with Crippen LogP contribution >= 0.6 is 0 Å². The van der Waals surface area contributed by atoms with E-state index in [1.54, 1.807) is 4.90 Å². The van der Waals surface area contributed by atoms with Crippen LogP contribution in [0, 0.1) is 0 Å². The van der Waals surface area contributed by atoms with Crippen LogP contribution in [0.5, 0.6) is 0 Å². The maximum atomic E-state index is 12.2. The molecule has 0 aromatic rings. The van der Waals surface area contributed by atoms with Crippen LogP contribution in [0.4, 0.5) is 4.79 Å². The van der Waals surface area contributed by atoms with E-state index in [9.17, 15) is 9.59 Å². The van der Waals surface area contributed by atoms with Crippen LogP contribution in [0.1, 0.15) is 46.5 Å². The third-order valence-corrected chi connectivity index (χ3v) is 4.11. The van der Waals surface area contributed by atoms with E-state index in [0.717, 1.165) is 12.8 Å². The minimum Gasteiger partial charge on any atom is -0.444 e. The Bertz CT molecular complexity index is 422. The molecule has 22 heavy (non-hydrogen) atoms. The molecule has 0 spiro atoms. The molecule has 2 atom stereocenters. The maximum Gasteiger partial charge on any atom is 0.410 e. The molecule has 2 aliphatic heterocycles. The van der Waals surface area contributed by atoms with Crippen LogP contribution in [-0.4, -0.2) is 59.2 Å². The number of ether oxygens (including phenoxy) is 1. The van der Waals surface area contributed by atoms with Crippen molar-refractivity contribution >= 4 is 12.0 Å². The minimum atomic E-state index is -0.533. The lowest BCUT2D eigenvalue weighted by Gasteiger charge is -2.44. The average molecular weight is 313 g/mol. The molecule has 2 fully saturated rings. The summed E-state index contributed by atoms with van der Waals surface area (Å²) >= 11 is 0. The maximum absolute atomic E-state index is 12.2. The summed E-state index contributed by atoms with van der Waals surface area (Å²) in [5, 5.41) is 0. The molecule has 0 unspecified atom stereocenters. The Hall–Kier alpha value is -1.34. The molecule has 0 aromatic heterocycles. The summed E-state index contributed by atoms with van der Waals surface area (Å²) in [6.45, 7) is 7.15. The van der Waals surface area contributed by atoms with Crippen LogP contribution < -0.4 is 5.90 Å². The summed E-state index contributed by atoms with van der Waals surface area (Å²) in [5.41, 5.74) is -0.533. The first-order valence-electron chi connectivity index (χ1n) is 7.95. The van der Waals surface area contributed by atoms with Crippen molar-refractivity contribution in [3.8, 4) is 0 Å². The first-order valence-corrected chi connectivity index (χ1v) is 7.95. The molecule has 0 bridgehead atoms. The molecule has 7 heteroatoms. The highest BCUT2D eigenvalue weighted by molar-refractivity contribution is 5.77. The van der Waals surface area contributed by atoms with Crippen molar-refractivity contribution in [2.75, 3.05) is 19.6 Å². The minimum absolute atomic E-state index is 0.115. The van der Waals surface area contributed by atoms with Gasteiger partial charge in [0.1, 0.15) is 11.7 Å². The lowest BCUT2D eigenvalue weighted by Crippen LogP contribution is -2.60. The summed E-state index contributed by atoms with van der Waals surface area (Å²) in [7, 11) is 0. The Morgan fingerprint density at radius 2 is 2.00 bits per heavy atom. The van der Waals surface area contributed by atoms with Crippen molar-refractivity contribution in [3.05, 3.63) is 0 Å². The van der Waals surface area contributed by atoms with Gasteiger partial charge in [0.2, 0.25) is 5.91 Å². The van der Waals surface area contributed by atoms with Crippen molar-refractivity contribution in [1.82, 2.24) is 9.80 Å². The number of hydrogen-bond donors (Lipinski definition) is 1. The molecule has 126 valence electrons. The SMILES string of the molecule is CC(C)(C)OC(=O)N1CC[C@H](ON)[C@@H](N2CCCCC2=O)C1. The highest BCUT2D eigenvalue weighted by atomic mass is 16.6. The number of nitrogens with two attached hydrogens (primary N) is 1. The predicted octanol–water partition coefficient (Wildman–Crippen LogP) is 1.27. The van der Waals surface area contributed by atoms with Gasteiger partial charge in [-0.25, -0.2) is 10.7 Å². The molecule has 2 rings (SSSR count). The zero-order chi connectivity index (χ0) is 16.3. The van der Waals surface area contributed by atoms with E-state index in [1.165, 1.54) is 0 Å². The second-order valence-corrected chi connectivity index (χ2v) is 7.00. The van der Waals surface area contributed by atoms with Crippen molar-refractivity contribution in [1.29, 1.82) is 0 Å². The molecule has 2 heterocycles. The van der Waals surface area contributed by atoms with Crippen LogP contribution in [-0.2, 0) is 14.4 Å². The van der Waals surface area contributed by atoms with Crippen molar-refractivity contribution < 1.29 is 19.2 Å². The summed E-state index contributed by atoms with van der Waals surface area (Å²) < 4.78 is 5.42. The monoisotopic (exact) mass is 313 g/mol. The fourth-order valence-electron chi connectivity index (χ4n) is 3.04. The first kappa shape index (κ1) is 17.0.